The van der Waals surface area contributed by atoms with E-state index in [-0.39, 0.29) is 5.41 Å². The van der Waals surface area contributed by atoms with Gasteiger partial charge in [-0.2, -0.15) is 13.2 Å². The lowest BCUT2D eigenvalue weighted by atomic mass is 9.77. The topological polar surface area (TPSA) is 60.9 Å². The summed E-state index contributed by atoms with van der Waals surface area (Å²) in [6.07, 6.45) is 3.89. The third-order valence-electron chi connectivity index (χ3n) is 6.05. The first kappa shape index (κ1) is 19.5. The molecule has 0 aromatic carbocycles. The Labute approximate surface area is 151 Å². The second-order valence-corrected chi connectivity index (χ2v) is 8.27. The van der Waals surface area contributed by atoms with E-state index in [0.717, 1.165) is 44.2 Å². The summed E-state index contributed by atoms with van der Waals surface area (Å²) in [5.41, 5.74) is 0.0505. The highest BCUT2D eigenvalue weighted by Crippen LogP contribution is 2.43. The Hall–Kier alpha value is -1.31. The molecule has 8 heteroatoms. The maximum absolute atomic E-state index is 12.7. The summed E-state index contributed by atoms with van der Waals surface area (Å²) < 4.78 is 31.7. The molecule has 0 atom stereocenters. The van der Waals surface area contributed by atoms with Crippen LogP contribution in [0.1, 0.15) is 44.9 Å². The van der Waals surface area contributed by atoms with Gasteiger partial charge in [-0.3, -0.25) is 4.79 Å². The number of likely N-dealkylation sites (tertiary alicyclic amines) is 2. The summed E-state index contributed by atoms with van der Waals surface area (Å²) in [7, 11) is 0. The quantitative estimate of drug-likeness (QED) is 0.820. The van der Waals surface area contributed by atoms with Gasteiger partial charge in [-0.05, 0) is 69.9 Å². The van der Waals surface area contributed by atoms with Gasteiger partial charge < -0.3 is 14.9 Å². The number of nitrogens with zero attached hydrogens (tertiary/aromatic N) is 2. The molecule has 5 nitrogen and oxygen atoms in total. The number of rotatable bonds is 4. The monoisotopic (exact) mass is 376 g/mol. The molecule has 2 saturated heterocycles. The van der Waals surface area contributed by atoms with Gasteiger partial charge in [-0.25, -0.2) is 4.79 Å². The van der Waals surface area contributed by atoms with Gasteiger partial charge in [0.15, 0.2) is 0 Å². The first-order valence-corrected chi connectivity index (χ1v) is 9.51. The van der Waals surface area contributed by atoms with Crippen LogP contribution in [-0.4, -0.2) is 65.7 Å². The fourth-order valence-electron chi connectivity index (χ4n) is 3.97. The summed E-state index contributed by atoms with van der Waals surface area (Å²) in [6.45, 7) is 5.74. The van der Waals surface area contributed by atoms with Crippen molar-refractivity contribution in [2.75, 3.05) is 32.7 Å². The number of amides is 1. The number of piperidine rings is 1. The van der Waals surface area contributed by atoms with E-state index < -0.39 is 12.1 Å². The highest BCUT2D eigenvalue weighted by atomic mass is 19.4. The van der Waals surface area contributed by atoms with Crippen molar-refractivity contribution in [3.63, 3.8) is 0 Å². The van der Waals surface area contributed by atoms with Crippen LogP contribution in [0.2, 0.25) is 0 Å². The second-order valence-electron chi connectivity index (χ2n) is 8.27. The number of carboxylic acid groups (broad SMARTS) is 1. The molecule has 26 heavy (non-hydrogen) atoms. The van der Waals surface area contributed by atoms with Crippen molar-refractivity contribution in [3.8, 4) is 0 Å². The lowest BCUT2D eigenvalue weighted by Gasteiger charge is -2.38. The van der Waals surface area contributed by atoms with Gasteiger partial charge in [-0.15, -0.1) is 0 Å². The zero-order valence-electron chi connectivity index (χ0n) is 14.9. The Bertz CT molecular complexity index is 536. The van der Waals surface area contributed by atoms with E-state index in [9.17, 15) is 18.0 Å². The van der Waals surface area contributed by atoms with Gasteiger partial charge in [0, 0.05) is 19.6 Å². The summed E-state index contributed by atoms with van der Waals surface area (Å²) >= 11 is 0. The Morgan fingerprint density at radius 3 is 1.92 bits per heavy atom. The summed E-state index contributed by atoms with van der Waals surface area (Å²) in [5, 5.41) is 7.12. The van der Waals surface area contributed by atoms with E-state index in [1.165, 1.54) is 45.3 Å². The van der Waals surface area contributed by atoms with Crippen molar-refractivity contribution < 1.29 is 27.9 Å². The molecule has 0 aromatic heterocycles. The van der Waals surface area contributed by atoms with Gasteiger partial charge in [-0.1, -0.05) is 0 Å². The van der Waals surface area contributed by atoms with E-state index in [1.807, 2.05) is 0 Å². The van der Waals surface area contributed by atoms with Gasteiger partial charge in [0.25, 0.3) is 0 Å². The van der Waals surface area contributed by atoms with Crippen molar-refractivity contribution in [2.24, 2.45) is 17.3 Å². The molecule has 4 fully saturated rings. The number of carbonyl (C=O) groups excluding carboxylic acids is 1. The van der Waals surface area contributed by atoms with E-state index in [0.29, 0.717) is 5.91 Å². The molecule has 0 unspecified atom stereocenters. The molecule has 1 N–H and O–H groups in total. The van der Waals surface area contributed by atoms with Crippen LogP contribution < -0.4 is 0 Å². The first-order chi connectivity index (χ1) is 12.2. The van der Waals surface area contributed by atoms with E-state index in [1.54, 1.807) is 0 Å². The van der Waals surface area contributed by atoms with Crippen molar-refractivity contribution in [2.45, 2.75) is 51.1 Å². The number of aliphatic carboxylic acids is 1. The van der Waals surface area contributed by atoms with E-state index in [2.05, 4.69) is 9.80 Å². The van der Waals surface area contributed by atoms with E-state index in [4.69, 9.17) is 9.90 Å². The van der Waals surface area contributed by atoms with Gasteiger partial charge in [0.05, 0.1) is 5.41 Å². The largest absolute Gasteiger partial charge is 0.490 e. The predicted molar refractivity (Wildman–Crippen MR) is 88.4 cm³/mol. The van der Waals surface area contributed by atoms with Crippen LogP contribution in [0.25, 0.3) is 0 Å². The molecule has 0 radical (unpaired) electrons. The molecule has 2 aliphatic heterocycles. The fraction of sp³-hybridized carbons (Fsp3) is 0.889. The maximum Gasteiger partial charge on any atom is 0.490 e. The van der Waals surface area contributed by atoms with Crippen LogP contribution in [0.15, 0.2) is 0 Å². The molecule has 4 aliphatic rings. The smallest absolute Gasteiger partial charge is 0.475 e. The van der Waals surface area contributed by atoms with Crippen LogP contribution in [0.3, 0.4) is 0 Å². The molecule has 2 heterocycles. The van der Waals surface area contributed by atoms with Crippen LogP contribution in [0.4, 0.5) is 13.2 Å². The van der Waals surface area contributed by atoms with Gasteiger partial charge in [0.1, 0.15) is 0 Å². The van der Waals surface area contributed by atoms with Crippen molar-refractivity contribution in [1.29, 1.82) is 0 Å². The molecule has 1 spiro atoms. The van der Waals surface area contributed by atoms with Crippen LogP contribution in [-0.2, 0) is 9.59 Å². The lowest BCUT2D eigenvalue weighted by Crippen LogP contribution is -2.45. The maximum atomic E-state index is 12.7. The Morgan fingerprint density at radius 1 is 1.00 bits per heavy atom. The molecular formula is C18H27F3N2O3. The average Bonchev–Trinajstić information content (AvgIpc) is 3.48. The minimum absolute atomic E-state index is 0.0505. The second kappa shape index (κ2) is 7.37. The highest BCUT2D eigenvalue weighted by molar-refractivity contribution is 5.85. The molecule has 1 amide bonds. The number of carbonyl (C=O) groups is 2. The molecular weight excluding hydrogens is 349 g/mol. The lowest BCUT2D eigenvalue weighted by molar-refractivity contribution is -0.192. The van der Waals surface area contributed by atoms with Crippen molar-refractivity contribution in [3.05, 3.63) is 0 Å². The number of hydrogen-bond donors (Lipinski definition) is 1. The minimum atomic E-state index is -5.08. The zero-order valence-corrected chi connectivity index (χ0v) is 14.9. The van der Waals surface area contributed by atoms with Gasteiger partial charge in [0.2, 0.25) is 5.91 Å². The summed E-state index contributed by atoms with van der Waals surface area (Å²) in [5.74, 6) is -0.424. The number of hydrogen-bond acceptors (Lipinski definition) is 3. The zero-order chi connectivity index (χ0) is 18.9. The number of carboxylic acids is 1. The Morgan fingerprint density at radius 2 is 1.46 bits per heavy atom. The molecule has 2 aliphatic carbocycles. The standard InChI is InChI=1S/C16H26N2O.C2HF3O2/c19-15-16(7-10-18(15)12-14-3-4-14)5-8-17(9-6-16)11-13-1-2-13;3-2(4,5)1(6)7/h13-14H,1-12H2;(H,6,7). The van der Waals surface area contributed by atoms with Crippen molar-refractivity contribution >= 4 is 11.9 Å². The van der Waals surface area contributed by atoms with Gasteiger partial charge >= 0.3 is 12.1 Å². The molecule has 0 bridgehead atoms. The molecule has 2 saturated carbocycles. The van der Waals surface area contributed by atoms with Crippen LogP contribution in [0.5, 0.6) is 0 Å². The summed E-state index contributed by atoms with van der Waals surface area (Å²) in [6, 6.07) is 0. The number of halogens is 3. The summed E-state index contributed by atoms with van der Waals surface area (Å²) in [4.78, 5) is 26.4. The average molecular weight is 376 g/mol. The third kappa shape index (κ3) is 4.90. The fourth-order valence-corrected chi connectivity index (χ4v) is 3.97. The molecule has 4 rings (SSSR count). The normalized spacial score (nSPS) is 26.0. The van der Waals surface area contributed by atoms with E-state index >= 15 is 0 Å². The Balaban J connectivity index is 0.000000242. The first-order valence-electron chi connectivity index (χ1n) is 9.51. The van der Waals surface area contributed by atoms with Crippen LogP contribution in [0, 0.1) is 17.3 Å². The Kier molecular flexibility index (Phi) is 5.51. The highest BCUT2D eigenvalue weighted by Gasteiger charge is 2.49. The van der Waals surface area contributed by atoms with Crippen LogP contribution >= 0.6 is 0 Å². The van der Waals surface area contributed by atoms with Crippen molar-refractivity contribution in [1.82, 2.24) is 9.80 Å². The SMILES string of the molecule is O=C(O)C(F)(F)F.O=C1N(CC2CC2)CCC12CCN(CC1CC1)CC2. The third-order valence-corrected chi connectivity index (χ3v) is 6.05. The molecule has 0 aromatic rings. The predicted octanol–water partition coefficient (Wildman–Crippen LogP) is 2.75. The minimum Gasteiger partial charge on any atom is -0.475 e. The number of alkyl halides is 3. The molecule has 148 valence electrons.